The molecule has 1 aliphatic rings. The molecular weight excluding hydrogens is 347 g/mol. The van der Waals surface area contributed by atoms with Crippen molar-refractivity contribution in [1.82, 2.24) is 4.90 Å². The molecule has 0 N–H and O–H groups in total. The summed E-state index contributed by atoms with van der Waals surface area (Å²) in [5, 5.41) is 0.140. The molecule has 0 bridgehead atoms. The van der Waals surface area contributed by atoms with Gasteiger partial charge in [0.05, 0.1) is 12.9 Å². The van der Waals surface area contributed by atoms with Gasteiger partial charge in [0, 0.05) is 23.9 Å². The number of amides is 1. The zero-order valence-electron chi connectivity index (χ0n) is 12.8. The second-order valence-electron chi connectivity index (χ2n) is 5.12. The molecule has 1 heterocycles. The molecule has 1 fully saturated rings. The van der Waals surface area contributed by atoms with Gasteiger partial charge >= 0.3 is 12.3 Å². The van der Waals surface area contributed by atoms with Crippen LogP contribution < -0.4 is 4.74 Å². The number of carbonyl (C=O) groups is 2. The Labute approximate surface area is 141 Å². The highest BCUT2D eigenvalue weighted by Gasteiger charge is 2.31. The largest absolute Gasteiger partial charge is 0.573 e. The molecule has 9 heteroatoms. The summed E-state index contributed by atoms with van der Waals surface area (Å²) in [7, 11) is 1.32. The summed E-state index contributed by atoms with van der Waals surface area (Å²) in [6.07, 6.45) is -4.01. The molecule has 0 aliphatic carbocycles. The van der Waals surface area contributed by atoms with E-state index in [1.54, 1.807) is 4.90 Å². The fourth-order valence-corrected chi connectivity index (χ4v) is 3.32. The van der Waals surface area contributed by atoms with E-state index in [0.717, 1.165) is 18.6 Å². The Kier molecular flexibility index (Phi) is 5.98. The standard InChI is InChI=1S/C15H16F3NO4S/c1-22-13(20)9-24-12-6-7-19(8-12)14(21)10-2-4-11(5-3-10)23-15(16,17)18/h2-5,12H,6-9H2,1H3/t12-/m0/s1. The number of carbonyl (C=O) groups excluding carboxylic acids is 2. The third-order valence-electron chi connectivity index (χ3n) is 3.43. The average Bonchev–Trinajstić information content (AvgIpc) is 3.00. The maximum Gasteiger partial charge on any atom is 0.573 e. The molecular formula is C15H16F3NO4S. The predicted molar refractivity (Wildman–Crippen MR) is 81.9 cm³/mol. The number of benzene rings is 1. The molecule has 0 radical (unpaired) electrons. The Morgan fingerprint density at radius 2 is 1.96 bits per heavy atom. The second-order valence-corrected chi connectivity index (χ2v) is 6.41. The molecule has 1 amide bonds. The van der Waals surface area contributed by atoms with Gasteiger partial charge in [0.1, 0.15) is 5.75 Å². The highest BCUT2D eigenvalue weighted by molar-refractivity contribution is 8.00. The van der Waals surface area contributed by atoms with Gasteiger partial charge in [-0.3, -0.25) is 9.59 Å². The minimum Gasteiger partial charge on any atom is -0.468 e. The van der Waals surface area contributed by atoms with Crippen molar-refractivity contribution in [3.05, 3.63) is 29.8 Å². The first kappa shape index (κ1) is 18.4. The first-order valence-electron chi connectivity index (χ1n) is 7.12. The molecule has 0 unspecified atom stereocenters. The number of methoxy groups -OCH3 is 1. The van der Waals surface area contributed by atoms with Crippen LogP contribution in [0.15, 0.2) is 24.3 Å². The highest BCUT2D eigenvalue weighted by Crippen LogP contribution is 2.26. The third kappa shape index (κ3) is 5.33. The number of hydrogen-bond acceptors (Lipinski definition) is 5. The summed E-state index contributed by atoms with van der Waals surface area (Å²) < 4.78 is 44.7. The fourth-order valence-electron chi connectivity index (χ4n) is 2.28. The quantitative estimate of drug-likeness (QED) is 0.753. The topological polar surface area (TPSA) is 55.8 Å². The fraction of sp³-hybridized carbons (Fsp3) is 0.467. The average molecular weight is 363 g/mol. The van der Waals surface area contributed by atoms with Gasteiger partial charge in [-0.15, -0.1) is 24.9 Å². The molecule has 132 valence electrons. The lowest BCUT2D eigenvalue weighted by molar-refractivity contribution is -0.274. The van der Waals surface area contributed by atoms with Crippen LogP contribution in [0.2, 0.25) is 0 Å². The van der Waals surface area contributed by atoms with Crippen molar-refractivity contribution in [1.29, 1.82) is 0 Å². The summed E-state index contributed by atoms with van der Waals surface area (Å²) in [5.74, 6) is -0.709. The highest BCUT2D eigenvalue weighted by atomic mass is 32.2. The Morgan fingerprint density at radius 3 is 2.54 bits per heavy atom. The van der Waals surface area contributed by atoms with Crippen LogP contribution in [0.4, 0.5) is 13.2 Å². The zero-order chi connectivity index (χ0) is 17.7. The lowest BCUT2D eigenvalue weighted by Crippen LogP contribution is -2.29. The van der Waals surface area contributed by atoms with Crippen LogP contribution in [0, 0.1) is 0 Å². The lowest BCUT2D eigenvalue weighted by atomic mass is 10.2. The van der Waals surface area contributed by atoms with Gasteiger partial charge < -0.3 is 14.4 Å². The van der Waals surface area contributed by atoms with E-state index in [9.17, 15) is 22.8 Å². The summed E-state index contributed by atoms with van der Waals surface area (Å²) >= 11 is 1.43. The minimum atomic E-state index is -4.76. The van der Waals surface area contributed by atoms with E-state index in [1.165, 1.54) is 31.0 Å². The number of thioether (sulfide) groups is 1. The number of likely N-dealkylation sites (tertiary alicyclic amines) is 1. The number of esters is 1. The van der Waals surface area contributed by atoms with Gasteiger partial charge in [-0.1, -0.05) is 0 Å². The number of nitrogens with zero attached hydrogens (tertiary/aromatic N) is 1. The Hall–Kier alpha value is -1.90. The lowest BCUT2D eigenvalue weighted by Gasteiger charge is -2.17. The summed E-state index contributed by atoms with van der Waals surface area (Å²) in [4.78, 5) is 25.1. The first-order valence-corrected chi connectivity index (χ1v) is 8.17. The molecule has 0 aromatic heterocycles. The molecule has 1 aromatic rings. The molecule has 0 spiro atoms. The summed E-state index contributed by atoms with van der Waals surface area (Å²) in [5.41, 5.74) is 0.295. The molecule has 5 nitrogen and oxygen atoms in total. The number of rotatable bonds is 5. The third-order valence-corrected chi connectivity index (χ3v) is 4.69. The van der Waals surface area contributed by atoms with Gasteiger partial charge in [-0.25, -0.2) is 0 Å². The Morgan fingerprint density at radius 1 is 1.29 bits per heavy atom. The molecule has 1 atom stereocenters. The van der Waals surface area contributed by atoms with Crippen LogP contribution in [0.3, 0.4) is 0 Å². The van der Waals surface area contributed by atoms with Crippen LogP contribution in [-0.4, -0.2) is 54.3 Å². The van der Waals surface area contributed by atoms with Crippen LogP contribution >= 0.6 is 11.8 Å². The van der Waals surface area contributed by atoms with Gasteiger partial charge in [-0.05, 0) is 30.7 Å². The molecule has 1 aliphatic heterocycles. The van der Waals surface area contributed by atoms with E-state index in [4.69, 9.17) is 0 Å². The minimum absolute atomic E-state index is 0.140. The van der Waals surface area contributed by atoms with E-state index in [-0.39, 0.29) is 28.6 Å². The maximum atomic E-state index is 12.3. The number of alkyl halides is 3. The first-order chi connectivity index (χ1) is 11.3. The van der Waals surface area contributed by atoms with E-state index in [0.29, 0.717) is 18.7 Å². The van der Waals surface area contributed by atoms with Gasteiger partial charge in [-0.2, -0.15) is 0 Å². The normalized spacial score (nSPS) is 17.7. The number of hydrogen-bond donors (Lipinski definition) is 0. The van der Waals surface area contributed by atoms with Crippen molar-refractivity contribution >= 4 is 23.6 Å². The van der Waals surface area contributed by atoms with Crippen LogP contribution in [0.5, 0.6) is 5.75 Å². The van der Waals surface area contributed by atoms with Crippen LogP contribution in [0.25, 0.3) is 0 Å². The molecule has 1 aromatic carbocycles. The smallest absolute Gasteiger partial charge is 0.468 e. The van der Waals surface area contributed by atoms with Crippen molar-refractivity contribution in [3.63, 3.8) is 0 Å². The SMILES string of the molecule is COC(=O)CS[C@H]1CCN(C(=O)c2ccc(OC(F)(F)F)cc2)C1. The van der Waals surface area contributed by atoms with Crippen molar-refractivity contribution in [2.45, 2.75) is 18.0 Å². The zero-order valence-corrected chi connectivity index (χ0v) is 13.7. The van der Waals surface area contributed by atoms with Crippen molar-refractivity contribution in [3.8, 4) is 5.75 Å². The van der Waals surface area contributed by atoms with Crippen molar-refractivity contribution in [2.24, 2.45) is 0 Å². The summed E-state index contributed by atoms with van der Waals surface area (Å²) in [6, 6.07) is 4.83. The van der Waals surface area contributed by atoms with Gasteiger partial charge in [0.2, 0.25) is 0 Å². The van der Waals surface area contributed by atoms with E-state index in [2.05, 4.69) is 9.47 Å². The molecule has 0 saturated carbocycles. The maximum absolute atomic E-state index is 12.3. The van der Waals surface area contributed by atoms with Gasteiger partial charge in [0.15, 0.2) is 0 Å². The van der Waals surface area contributed by atoms with Crippen molar-refractivity contribution in [2.75, 3.05) is 26.0 Å². The summed E-state index contributed by atoms with van der Waals surface area (Å²) in [6.45, 7) is 1.03. The number of halogens is 3. The van der Waals surface area contributed by atoms with Crippen LogP contribution in [-0.2, 0) is 9.53 Å². The number of ether oxygens (including phenoxy) is 2. The van der Waals surface area contributed by atoms with E-state index < -0.39 is 6.36 Å². The van der Waals surface area contributed by atoms with Crippen molar-refractivity contribution < 1.29 is 32.2 Å². The molecule has 2 rings (SSSR count). The van der Waals surface area contributed by atoms with E-state index in [1.807, 2.05) is 0 Å². The monoisotopic (exact) mass is 363 g/mol. The molecule has 24 heavy (non-hydrogen) atoms. The van der Waals surface area contributed by atoms with E-state index >= 15 is 0 Å². The van der Waals surface area contributed by atoms with Gasteiger partial charge in [0.25, 0.3) is 5.91 Å². The Balaban J connectivity index is 1.89. The molecule has 1 saturated heterocycles. The Bertz CT molecular complexity index is 591. The second kappa shape index (κ2) is 7.78. The predicted octanol–water partition coefficient (Wildman–Crippen LogP) is 2.71. The van der Waals surface area contributed by atoms with Crippen LogP contribution in [0.1, 0.15) is 16.8 Å².